The van der Waals surface area contributed by atoms with E-state index in [9.17, 15) is 4.79 Å². The van der Waals surface area contributed by atoms with E-state index >= 15 is 0 Å². The molecule has 2 N–H and O–H groups in total. The van der Waals surface area contributed by atoms with E-state index in [1.54, 1.807) is 25.3 Å². The van der Waals surface area contributed by atoms with E-state index in [0.29, 0.717) is 43.6 Å². The lowest BCUT2D eigenvalue weighted by Gasteiger charge is -2.22. The third-order valence-corrected chi connectivity index (χ3v) is 4.47. The molecule has 160 valence electrons. The quantitative estimate of drug-likeness (QED) is 0.323. The number of hydrogen-bond donors (Lipinski definition) is 1. The molecule has 6 heteroatoms. The van der Waals surface area contributed by atoms with Crippen molar-refractivity contribution in [1.82, 2.24) is 0 Å². The van der Waals surface area contributed by atoms with Crippen LogP contribution in [0.3, 0.4) is 0 Å². The number of methoxy groups -OCH3 is 1. The molecule has 0 amide bonds. The highest BCUT2D eigenvalue weighted by atomic mass is 16.5. The number of anilines is 1. The van der Waals surface area contributed by atoms with Crippen LogP contribution >= 0.6 is 0 Å². The predicted octanol–water partition coefficient (Wildman–Crippen LogP) is 4.31. The maximum Gasteiger partial charge on any atom is 0.308 e. The van der Waals surface area contributed by atoms with Gasteiger partial charge >= 0.3 is 5.97 Å². The predicted molar refractivity (Wildman–Crippen MR) is 112 cm³/mol. The van der Waals surface area contributed by atoms with E-state index in [2.05, 4.69) is 27.7 Å². The van der Waals surface area contributed by atoms with E-state index in [1.807, 2.05) is 6.92 Å². The fraction of sp³-hybridized carbons (Fsp3) is 0.682. The molecular weight excluding hydrogens is 358 g/mol. The van der Waals surface area contributed by atoms with Gasteiger partial charge in [-0.1, -0.05) is 34.6 Å². The number of benzene rings is 1. The van der Waals surface area contributed by atoms with Crippen LogP contribution in [-0.4, -0.2) is 39.5 Å². The van der Waals surface area contributed by atoms with Crippen LogP contribution in [0.2, 0.25) is 0 Å². The smallest absolute Gasteiger partial charge is 0.308 e. The lowest BCUT2D eigenvalue weighted by molar-refractivity contribution is -0.152. The SMILES string of the molecule is COc1cc(N)ccc1OCCCOCCC(C)C(C)C(=O)OCC(C)(C)C. The molecule has 6 nitrogen and oxygen atoms in total. The van der Waals surface area contributed by atoms with Crippen LogP contribution in [0.25, 0.3) is 0 Å². The van der Waals surface area contributed by atoms with Gasteiger partial charge in [0.25, 0.3) is 0 Å². The topological polar surface area (TPSA) is 80.0 Å². The van der Waals surface area contributed by atoms with Crippen molar-refractivity contribution in [1.29, 1.82) is 0 Å². The number of esters is 1. The van der Waals surface area contributed by atoms with Crippen LogP contribution < -0.4 is 15.2 Å². The first-order valence-corrected chi connectivity index (χ1v) is 9.94. The third kappa shape index (κ3) is 9.31. The Bertz CT molecular complexity index is 597. The highest BCUT2D eigenvalue weighted by Crippen LogP contribution is 2.29. The Hall–Kier alpha value is -1.95. The zero-order valence-electron chi connectivity index (χ0n) is 18.2. The Morgan fingerprint density at radius 2 is 1.82 bits per heavy atom. The van der Waals surface area contributed by atoms with Gasteiger partial charge in [0.1, 0.15) is 0 Å². The summed E-state index contributed by atoms with van der Waals surface area (Å²) in [5.74, 6) is 1.25. The normalized spacial score (nSPS) is 13.6. The Balaban J connectivity index is 2.17. The van der Waals surface area contributed by atoms with Crippen molar-refractivity contribution in [3.8, 4) is 11.5 Å². The summed E-state index contributed by atoms with van der Waals surface area (Å²) < 4.78 is 22.0. The molecular formula is C22H37NO5. The van der Waals surface area contributed by atoms with E-state index in [4.69, 9.17) is 24.7 Å². The van der Waals surface area contributed by atoms with Crippen molar-refractivity contribution in [2.24, 2.45) is 17.3 Å². The summed E-state index contributed by atoms with van der Waals surface area (Å²) in [5, 5.41) is 0. The molecule has 0 aliphatic heterocycles. The van der Waals surface area contributed by atoms with Gasteiger partial charge in [-0.15, -0.1) is 0 Å². The molecule has 0 heterocycles. The fourth-order valence-electron chi connectivity index (χ4n) is 2.42. The molecule has 2 atom stereocenters. The summed E-state index contributed by atoms with van der Waals surface area (Å²) in [7, 11) is 1.59. The first kappa shape index (κ1) is 24.1. The molecule has 0 bridgehead atoms. The molecule has 0 saturated heterocycles. The van der Waals surface area contributed by atoms with Gasteiger partial charge in [-0.05, 0) is 29.9 Å². The zero-order chi connectivity index (χ0) is 21.2. The minimum absolute atomic E-state index is 0.0137. The van der Waals surface area contributed by atoms with Crippen molar-refractivity contribution < 1.29 is 23.7 Å². The monoisotopic (exact) mass is 395 g/mol. The number of nitrogens with two attached hydrogens (primary N) is 1. The van der Waals surface area contributed by atoms with E-state index in [1.165, 1.54) is 0 Å². The molecule has 1 aromatic carbocycles. The van der Waals surface area contributed by atoms with Crippen molar-refractivity contribution in [3.05, 3.63) is 18.2 Å². The van der Waals surface area contributed by atoms with Crippen LogP contribution in [0.4, 0.5) is 5.69 Å². The molecule has 0 radical (unpaired) electrons. The van der Waals surface area contributed by atoms with Crippen LogP contribution in [-0.2, 0) is 14.3 Å². The van der Waals surface area contributed by atoms with Gasteiger partial charge in [0, 0.05) is 31.4 Å². The van der Waals surface area contributed by atoms with Crippen LogP contribution in [0.15, 0.2) is 18.2 Å². The molecule has 0 saturated carbocycles. The molecule has 0 aromatic heterocycles. The highest BCUT2D eigenvalue weighted by molar-refractivity contribution is 5.72. The maximum atomic E-state index is 12.1. The minimum Gasteiger partial charge on any atom is -0.493 e. The van der Waals surface area contributed by atoms with Crippen LogP contribution in [0.5, 0.6) is 11.5 Å². The van der Waals surface area contributed by atoms with Gasteiger partial charge in [-0.25, -0.2) is 0 Å². The summed E-state index contributed by atoms with van der Waals surface area (Å²) in [6.45, 7) is 12.3. The summed E-state index contributed by atoms with van der Waals surface area (Å²) >= 11 is 0. The number of carbonyl (C=O) groups excluding carboxylic acids is 1. The largest absolute Gasteiger partial charge is 0.493 e. The Kier molecular flexibility index (Phi) is 10.1. The van der Waals surface area contributed by atoms with Crippen molar-refractivity contribution in [3.63, 3.8) is 0 Å². The van der Waals surface area contributed by atoms with Crippen molar-refractivity contribution in [2.75, 3.05) is 39.3 Å². The number of hydrogen-bond acceptors (Lipinski definition) is 6. The maximum absolute atomic E-state index is 12.1. The van der Waals surface area contributed by atoms with E-state index in [0.717, 1.165) is 12.8 Å². The zero-order valence-corrected chi connectivity index (χ0v) is 18.2. The summed E-state index contributed by atoms with van der Waals surface area (Å²) in [5.41, 5.74) is 6.35. The molecule has 0 aliphatic rings. The van der Waals surface area contributed by atoms with Gasteiger partial charge in [-0.2, -0.15) is 0 Å². The fourth-order valence-corrected chi connectivity index (χ4v) is 2.42. The second kappa shape index (κ2) is 11.8. The van der Waals surface area contributed by atoms with E-state index < -0.39 is 0 Å². The van der Waals surface area contributed by atoms with Gasteiger partial charge in [0.05, 0.1) is 26.2 Å². The summed E-state index contributed by atoms with van der Waals surface area (Å²) in [4.78, 5) is 12.1. The third-order valence-electron chi connectivity index (χ3n) is 4.47. The average Bonchev–Trinajstić information content (AvgIpc) is 2.64. The highest BCUT2D eigenvalue weighted by Gasteiger charge is 2.23. The number of carbonyl (C=O) groups is 1. The average molecular weight is 396 g/mol. The standard InChI is InChI=1S/C22H37NO5/c1-16(17(2)21(24)28-15-22(3,4)5)10-13-26-11-7-12-27-19-9-8-18(23)14-20(19)25-6/h8-9,14,16-17H,7,10-13,15,23H2,1-6H3. The number of rotatable bonds is 12. The summed E-state index contributed by atoms with van der Waals surface area (Å²) in [6.07, 6.45) is 1.59. The molecule has 1 rings (SSSR count). The van der Waals surface area contributed by atoms with Gasteiger partial charge < -0.3 is 24.7 Å². The number of ether oxygens (including phenoxy) is 4. The molecule has 0 fully saturated rings. The van der Waals surface area contributed by atoms with Crippen molar-refractivity contribution in [2.45, 2.75) is 47.5 Å². The lowest BCUT2D eigenvalue weighted by atomic mass is 9.93. The molecule has 28 heavy (non-hydrogen) atoms. The Labute approximate surface area is 169 Å². The molecule has 0 aliphatic carbocycles. The van der Waals surface area contributed by atoms with Crippen LogP contribution in [0, 0.1) is 17.3 Å². The Morgan fingerprint density at radius 3 is 2.46 bits per heavy atom. The number of nitrogen functional groups attached to an aromatic ring is 1. The lowest BCUT2D eigenvalue weighted by Crippen LogP contribution is -2.26. The molecule has 1 aromatic rings. The first-order chi connectivity index (χ1) is 13.1. The van der Waals surface area contributed by atoms with Crippen LogP contribution in [0.1, 0.15) is 47.5 Å². The van der Waals surface area contributed by atoms with E-state index in [-0.39, 0.29) is 23.2 Å². The van der Waals surface area contributed by atoms with Gasteiger partial charge in [0.15, 0.2) is 11.5 Å². The van der Waals surface area contributed by atoms with Gasteiger partial charge in [-0.3, -0.25) is 4.79 Å². The second-order valence-electron chi connectivity index (χ2n) is 8.45. The second-order valence-corrected chi connectivity index (χ2v) is 8.45. The minimum atomic E-state index is -0.132. The first-order valence-electron chi connectivity index (χ1n) is 9.94. The molecule has 2 unspecified atom stereocenters. The molecule has 0 spiro atoms. The van der Waals surface area contributed by atoms with Gasteiger partial charge in [0.2, 0.25) is 0 Å². The summed E-state index contributed by atoms with van der Waals surface area (Å²) in [6, 6.07) is 5.32. The Morgan fingerprint density at radius 1 is 1.11 bits per heavy atom. The van der Waals surface area contributed by atoms with Crippen molar-refractivity contribution >= 4 is 11.7 Å².